The number of halogens is 1. The number of carbonyl (C=O) groups is 1. The number of aromatic nitrogens is 2. The molecular formula is C21H19FN4O3. The molecule has 1 aromatic heterocycles. The van der Waals surface area contributed by atoms with Gasteiger partial charge in [-0.1, -0.05) is 18.2 Å². The van der Waals surface area contributed by atoms with Crippen molar-refractivity contribution >= 4 is 11.6 Å². The Morgan fingerprint density at radius 3 is 2.52 bits per heavy atom. The first-order valence-electron chi connectivity index (χ1n) is 9.43. The maximum absolute atomic E-state index is 14.3. The van der Waals surface area contributed by atoms with E-state index < -0.39 is 10.7 Å². The normalized spacial score (nSPS) is 14.0. The third-order valence-corrected chi connectivity index (χ3v) is 5.01. The van der Waals surface area contributed by atoms with Crippen LogP contribution in [0.5, 0.6) is 0 Å². The van der Waals surface area contributed by atoms with Gasteiger partial charge in [0.25, 0.3) is 11.6 Å². The Balaban J connectivity index is 1.84. The van der Waals surface area contributed by atoms with E-state index in [1.807, 2.05) is 0 Å². The van der Waals surface area contributed by atoms with Gasteiger partial charge in [-0.25, -0.2) is 9.07 Å². The van der Waals surface area contributed by atoms with E-state index in [9.17, 15) is 19.3 Å². The molecule has 0 bridgehead atoms. The van der Waals surface area contributed by atoms with E-state index >= 15 is 0 Å². The largest absolute Gasteiger partial charge is 0.337 e. The van der Waals surface area contributed by atoms with Gasteiger partial charge in [0.05, 0.1) is 16.3 Å². The van der Waals surface area contributed by atoms with Crippen molar-refractivity contribution in [2.75, 3.05) is 13.1 Å². The third kappa shape index (κ3) is 3.73. The van der Waals surface area contributed by atoms with E-state index in [1.165, 1.54) is 28.9 Å². The Labute approximate surface area is 166 Å². The minimum Gasteiger partial charge on any atom is -0.337 e. The summed E-state index contributed by atoms with van der Waals surface area (Å²) in [5, 5.41) is 15.6. The highest BCUT2D eigenvalue weighted by molar-refractivity contribution is 5.94. The van der Waals surface area contributed by atoms with Gasteiger partial charge in [0.2, 0.25) is 0 Å². The molecule has 8 heteroatoms. The van der Waals surface area contributed by atoms with Crippen LogP contribution in [0, 0.1) is 15.9 Å². The van der Waals surface area contributed by atoms with Crippen LogP contribution in [0.2, 0.25) is 0 Å². The molecule has 1 fully saturated rings. The number of piperidine rings is 1. The van der Waals surface area contributed by atoms with Crippen molar-refractivity contribution in [1.29, 1.82) is 0 Å². The lowest BCUT2D eigenvalue weighted by Crippen LogP contribution is -2.36. The number of hydrogen-bond acceptors (Lipinski definition) is 4. The molecule has 1 amide bonds. The molecule has 1 saturated heterocycles. The van der Waals surface area contributed by atoms with E-state index in [2.05, 4.69) is 5.10 Å². The SMILES string of the molecule is O=C(c1cc(-c2ccccc2F)nn1-c1cccc([N+](=O)[O-])c1)N1CCCCC1. The van der Waals surface area contributed by atoms with Crippen LogP contribution in [0.1, 0.15) is 29.8 Å². The highest BCUT2D eigenvalue weighted by Gasteiger charge is 2.25. The number of benzene rings is 2. The van der Waals surface area contributed by atoms with Gasteiger partial charge in [0.15, 0.2) is 0 Å². The van der Waals surface area contributed by atoms with Crippen LogP contribution in [0.3, 0.4) is 0 Å². The molecule has 29 heavy (non-hydrogen) atoms. The Morgan fingerprint density at radius 1 is 1.03 bits per heavy atom. The quantitative estimate of drug-likeness (QED) is 0.490. The van der Waals surface area contributed by atoms with Crippen molar-refractivity contribution < 1.29 is 14.1 Å². The molecule has 2 aromatic carbocycles. The van der Waals surface area contributed by atoms with Gasteiger partial charge < -0.3 is 4.90 Å². The molecule has 0 radical (unpaired) electrons. The summed E-state index contributed by atoms with van der Waals surface area (Å²) in [7, 11) is 0. The number of nitro groups is 1. The lowest BCUT2D eigenvalue weighted by atomic mass is 10.1. The smallest absolute Gasteiger partial charge is 0.272 e. The van der Waals surface area contributed by atoms with Gasteiger partial charge in [-0.2, -0.15) is 5.10 Å². The molecule has 1 aliphatic rings. The minimum atomic E-state index is -0.503. The van der Waals surface area contributed by atoms with Gasteiger partial charge >= 0.3 is 0 Å². The second-order valence-corrected chi connectivity index (χ2v) is 6.94. The zero-order valence-corrected chi connectivity index (χ0v) is 15.6. The molecule has 1 aliphatic heterocycles. The van der Waals surface area contributed by atoms with Crippen molar-refractivity contribution in [1.82, 2.24) is 14.7 Å². The monoisotopic (exact) mass is 394 g/mol. The molecule has 2 heterocycles. The molecule has 0 saturated carbocycles. The van der Waals surface area contributed by atoms with Crippen LogP contribution in [-0.4, -0.2) is 38.6 Å². The summed E-state index contributed by atoms with van der Waals surface area (Å²) in [6.45, 7) is 1.29. The number of rotatable bonds is 4. The zero-order valence-electron chi connectivity index (χ0n) is 15.6. The summed E-state index contributed by atoms with van der Waals surface area (Å²) >= 11 is 0. The Bertz CT molecular complexity index is 1070. The van der Waals surface area contributed by atoms with E-state index in [4.69, 9.17) is 0 Å². The van der Waals surface area contributed by atoms with E-state index in [0.717, 1.165) is 19.3 Å². The second kappa shape index (κ2) is 7.83. The molecular weight excluding hydrogens is 375 g/mol. The first-order valence-corrected chi connectivity index (χ1v) is 9.43. The van der Waals surface area contributed by atoms with Crippen molar-refractivity contribution in [3.63, 3.8) is 0 Å². The number of amides is 1. The van der Waals surface area contributed by atoms with Gasteiger partial charge in [-0.3, -0.25) is 14.9 Å². The van der Waals surface area contributed by atoms with Crippen molar-refractivity contribution in [2.24, 2.45) is 0 Å². The maximum Gasteiger partial charge on any atom is 0.272 e. The number of hydrogen-bond donors (Lipinski definition) is 0. The molecule has 0 aliphatic carbocycles. The number of non-ortho nitro benzene ring substituents is 1. The standard InChI is InChI=1S/C21H19FN4O3/c22-18-10-3-2-9-17(18)19-14-20(21(27)24-11-4-1-5-12-24)25(23-19)15-7-6-8-16(13-15)26(28)29/h2-3,6-10,13-14H,1,4-5,11-12H2. The fourth-order valence-corrected chi connectivity index (χ4v) is 3.53. The zero-order chi connectivity index (χ0) is 20.4. The van der Waals surface area contributed by atoms with Crippen LogP contribution in [-0.2, 0) is 0 Å². The highest BCUT2D eigenvalue weighted by atomic mass is 19.1. The highest BCUT2D eigenvalue weighted by Crippen LogP contribution is 2.27. The number of carbonyl (C=O) groups excluding carboxylic acids is 1. The lowest BCUT2D eigenvalue weighted by Gasteiger charge is -2.26. The molecule has 0 unspecified atom stereocenters. The first-order chi connectivity index (χ1) is 14.0. The summed E-state index contributed by atoms with van der Waals surface area (Å²) < 4.78 is 15.7. The Hall–Kier alpha value is -3.55. The minimum absolute atomic E-state index is 0.109. The van der Waals surface area contributed by atoms with Crippen molar-refractivity contribution in [3.05, 3.63) is 76.2 Å². The third-order valence-electron chi connectivity index (χ3n) is 5.01. The fourth-order valence-electron chi connectivity index (χ4n) is 3.53. The van der Waals surface area contributed by atoms with Crippen LogP contribution in [0.15, 0.2) is 54.6 Å². The molecule has 0 atom stereocenters. The van der Waals surface area contributed by atoms with Gasteiger partial charge in [0, 0.05) is 30.8 Å². The molecule has 0 spiro atoms. The average molecular weight is 394 g/mol. The van der Waals surface area contributed by atoms with Crippen LogP contribution in [0.4, 0.5) is 10.1 Å². The number of nitro benzene ring substituents is 1. The fraction of sp³-hybridized carbons (Fsp3) is 0.238. The van der Waals surface area contributed by atoms with Gasteiger partial charge in [0.1, 0.15) is 11.5 Å². The summed E-state index contributed by atoms with van der Waals surface area (Å²) in [4.78, 5) is 25.6. The second-order valence-electron chi connectivity index (χ2n) is 6.94. The predicted octanol–water partition coefficient (Wildman–Crippen LogP) is 4.21. The van der Waals surface area contributed by atoms with Crippen molar-refractivity contribution in [3.8, 4) is 16.9 Å². The first kappa shape index (κ1) is 18.8. The molecule has 3 aromatic rings. The van der Waals surface area contributed by atoms with Crippen LogP contribution >= 0.6 is 0 Å². The lowest BCUT2D eigenvalue weighted by molar-refractivity contribution is -0.384. The van der Waals surface area contributed by atoms with E-state index in [0.29, 0.717) is 24.5 Å². The number of nitrogens with zero attached hydrogens (tertiary/aromatic N) is 4. The average Bonchev–Trinajstić information content (AvgIpc) is 3.19. The van der Waals surface area contributed by atoms with Crippen LogP contribution in [0.25, 0.3) is 16.9 Å². The molecule has 4 rings (SSSR count). The maximum atomic E-state index is 14.3. The van der Waals surface area contributed by atoms with Crippen molar-refractivity contribution in [2.45, 2.75) is 19.3 Å². The summed E-state index contributed by atoms with van der Waals surface area (Å²) in [6, 6.07) is 13.6. The van der Waals surface area contributed by atoms with Crippen LogP contribution < -0.4 is 0 Å². The van der Waals surface area contributed by atoms with E-state index in [1.54, 1.807) is 35.2 Å². The Morgan fingerprint density at radius 2 is 1.79 bits per heavy atom. The topological polar surface area (TPSA) is 81.3 Å². The van der Waals surface area contributed by atoms with Gasteiger partial charge in [-0.05, 0) is 43.5 Å². The molecule has 0 N–H and O–H groups in total. The summed E-state index contributed by atoms with van der Waals surface area (Å²) in [6.07, 6.45) is 2.93. The van der Waals surface area contributed by atoms with Gasteiger partial charge in [-0.15, -0.1) is 0 Å². The van der Waals surface area contributed by atoms with E-state index in [-0.39, 0.29) is 22.9 Å². The summed E-state index contributed by atoms with van der Waals surface area (Å²) in [5.74, 6) is -0.667. The number of likely N-dealkylation sites (tertiary alicyclic amines) is 1. The Kier molecular flexibility index (Phi) is 5.07. The summed E-state index contributed by atoms with van der Waals surface area (Å²) in [5.41, 5.74) is 1.09. The molecule has 7 nitrogen and oxygen atoms in total. The molecule has 148 valence electrons. The predicted molar refractivity (Wildman–Crippen MR) is 105 cm³/mol.